The maximum absolute atomic E-state index is 13.1. The van der Waals surface area contributed by atoms with E-state index < -0.39 is 0 Å². The fourth-order valence-corrected chi connectivity index (χ4v) is 4.98. The molecule has 0 saturated carbocycles. The van der Waals surface area contributed by atoms with Gasteiger partial charge in [-0.2, -0.15) is 0 Å². The number of carbonyl (C=O) groups is 1. The molecule has 31 heavy (non-hydrogen) atoms. The molecule has 1 aromatic heterocycles. The summed E-state index contributed by atoms with van der Waals surface area (Å²) in [4.78, 5) is 22.1. The van der Waals surface area contributed by atoms with Crippen LogP contribution in [0.25, 0.3) is 10.2 Å². The van der Waals surface area contributed by atoms with Gasteiger partial charge in [0.25, 0.3) is 0 Å². The van der Waals surface area contributed by atoms with Gasteiger partial charge >= 0.3 is 6.03 Å². The predicted octanol–water partition coefficient (Wildman–Crippen LogP) is 4.92. The first-order chi connectivity index (χ1) is 15.3. The third-order valence-corrected chi connectivity index (χ3v) is 6.75. The van der Waals surface area contributed by atoms with Gasteiger partial charge in [0.1, 0.15) is 0 Å². The van der Waals surface area contributed by atoms with Crippen molar-refractivity contribution in [3.8, 4) is 0 Å². The Morgan fingerprint density at radius 1 is 0.806 bits per heavy atom. The average Bonchev–Trinajstić information content (AvgIpc) is 3.28. The van der Waals surface area contributed by atoms with E-state index in [1.54, 1.807) is 11.3 Å². The number of carbonyl (C=O) groups excluding carboxylic acids is 1. The van der Waals surface area contributed by atoms with E-state index in [9.17, 15) is 4.79 Å². The van der Waals surface area contributed by atoms with Crippen LogP contribution in [0.5, 0.6) is 0 Å². The number of para-hydroxylation sites is 1. The molecule has 0 spiro atoms. The molecule has 156 valence electrons. The fourth-order valence-electron chi connectivity index (χ4n) is 3.96. The normalized spacial score (nSPS) is 14.2. The molecule has 0 unspecified atom stereocenters. The molecular formula is C25H24N4OS. The molecule has 5 rings (SSSR count). The van der Waals surface area contributed by atoms with Gasteiger partial charge in [0, 0.05) is 26.2 Å². The van der Waals surface area contributed by atoms with E-state index in [4.69, 9.17) is 4.98 Å². The first-order valence-corrected chi connectivity index (χ1v) is 11.4. The van der Waals surface area contributed by atoms with Crippen LogP contribution in [0.4, 0.5) is 9.93 Å². The molecule has 5 nitrogen and oxygen atoms in total. The van der Waals surface area contributed by atoms with Gasteiger partial charge in [-0.05, 0) is 23.3 Å². The number of aromatic nitrogens is 1. The third kappa shape index (κ3) is 4.25. The van der Waals surface area contributed by atoms with Crippen LogP contribution in [0, 0.1) is 0 Å². The van der Waals surface area contributed by atoms with Crippen LogP contribution in [0.15, 0.2) is 84.9 Å². The number of rotatable bonds is 4. The Morgan fingerprint density at radius 2 is 1.39 bits per heavy atom. The lowest BCUT2D eigenvalue weighted by Crippen LogP contribution is -2.52. The first kappa shape index (κ1) is 19.6. The quantitative estimate of drug-likeness (QED) is 0.502. The number of amides is 2. The maximum atomic E-state index is 13.1. The highest BCUT2D eigenvalue weighted by Crippen LogP contribution is 2.29. The van der Waals surface area contributed by atoms with E-state index >= 15 is 0 Å². The summed E-state index contributed by atoms with van der Waals surface area (Å²) in [5.41, 5.74) is 3.20. The largest absolute Gasteiger partial charge is 0.345 e. The predicted molar refractivity (Wildman–Crippen MR) is 127 cm³/mol. The monoisotopic (exact) mass is 428 g/mol. The van der Waals surface area contributed by atoms with Gasteiger partial charge in [-0.1, -0.05) is 84.1 Å². The van der Waals surface area contributed by atoms with Gasteiger partial charge in [0.15, 0.2) is 5.13 Å². The second kappa shape index (κ2) is 8.78. The van der Waals surface area contributed by atoms with Crippen molar-refractivity contribution in [3.63, 3.8) is 0 Å². The molecule has 0 atom stereocenters. The van der Waals surface area contributed by atoms with E-state index in [1.165, 1.54) is 4.70 Å². The summed E-state index contributed by atoms with van der Waals surface area (Å²) in [5, 5.41) is 4.29. The number of hydrogen-bond acceptors (Lipinski definition) is 4. The number of piperazine rings is 1. The lowest BCUT2D eigenvalue weighted by Gasteiger charge is -2.35. The number of thiazole rings is 1. The maximum Gasteiger partial charge on any atom is 0.318 e. The van der Waals surface area contributed by atoms with Crippen LogP contribution in [-0.2, 0) is 0 Å². The first-order valence-electron chi connectivity index (χ1n) is 10.5. The molecule has 2 amide bonds. The van der Waals surface area contributed by atoms with Crippen LogP contribution in [-0.4, -0.2) is 42.1 Å². The molecule has 1 N–H and O–H groups in total. The zero-order chi connectivity index (χ0) is 21.0. The molecule has 0 aliphatic carbocycles. The molecular weight excluding hydrogens is 404 g/mol. The smallest absolute Gasteiger partial charge is 0.318 e. The van der Waals surface area contributed by atoms with E-state index in [2.05, 4.69) is 40.5 Å². The Labute approximate surface area is 186 Å². The lowest BCUT2D eigenvalue weighted by atomic mass is 9.99. The Morgan fingerprint density at radius 3 is 2.00 bits per heavy atom. The molecule has 1 saturated heterocycles. The second-order valence-electron chi connectivity index (χ2n) is 7.64. The highest BCUT2D eigenvalue weighted by Gasteiger charge is 2.25. The topological polar surface area (TPSA) is 48.5 Å². The third-order valence-electron chi connectivity index (χ3n) is 5.65. The number of nitrogens with zero attached hydrogens (tertiary/aromatic N) is 3. The van der Waals surface area contributed by atoms with Crippen molar-refractivity contribution in [1.82, 2.24) is 15.2 Å². The van der Waals surface area contributed by atoms with Crippen molar-refractivity contribution in [1.29, 1.82) is 0 Å². The van der Waals surface area contributed by atoms with E-state index in [0.717, 1.165) is 34.9 Å². The molecule has 3 aromatic carbocycles. The van der Waals surface area contributed by atoms with Crippen molar-refractivity contribution in [2.45, 2.75) is 6.04 Å². The number of hydrogen-bond donors (Lipinski definition) is 1. The van der Waals surface area contributed by atoms with Gasteiger partial charge < -0.3 is 15.1 Å². The number of fused-ring (bicyclic) bond motifs is 1. The van der Waals surface area contributed by atoms with E-state index in [0.29, 0.717) is 13.1 Å². The zero-order valence-electron chi connectivity index (χ0n) is 17.1. The summed E-state index contributed by atoms with van der Waals surface area (Å²) in [7, 11) is 0. The summed E-state index contributed by atoms with van der Waals surface area (Å²) >= 11 is 1.71. The minimum absolute atomic E-state index is 0.0262. The highest BCUT2D eigenvalue weighted by atomic mass is 32.1. The van der Waals surface area contributed by atoms with Crippen molar-refractivity contribution in [3.05, 3.63) is 96.1 Å². The zero-order valence-corrected chi connectivity index (χ0v) is 18.0. The van der Waals surface area contributed by atoms with Crippen LogP contribution < -0.4 is 10.2 Å². The van der Waals surface area contributed by atoms with Crippen LogP contribution in [0.2, 0.25) is 0 Å². The average molecular weight is 429 g/mol. The summed E-state index contributed by atoms with van der Waals surface area (Å²) < 4.78 is 1.20. The molecule has 0 bridgehead atoms. The molecule has 0 radical (unpaired) electrons. The minimum Gasteiger partial charge on any atom is -0.345 e. The molecule has 4 aromatic rings. The van der Waals surface area contributed by atoms with Gasteiger partial charge in [0.05, 0.1) is 16.3 Å². The molecule has 2 heterocycles. The molecule has 1 fully saturated rings. The fraction of sp³-hybridized carbons (Fsp3) is 0.200. The Hall–Kier alpha value is -3.38. The van der Waals surface area contributed by atoms with Crippen LogP contribution >= 0.6 is 11.3 Å². The summed E-state index contributed by atoms with van der Waals surface area (Å²) in [5.74, 6) is 0. The van der Waals surface area contributed by atoms with Gasteiger partial charge in [-0.25, -0.2) is 9.78 Å². The number of urea groups is 1. The standard InChI is InChI=1S/C25H24N4OS/c30-24(27-23(19-9-3-1-4-10-19)20-11-5-2-6-12-20)28-15-17-29(18-16-28)25-26-21-13-7-8-14-22(21)31-25/h1-14,23H,15-18H2,(H,27,30). The summed E-state index contributed by atoms with van der Waals surface area (Å²) in [6.45, 7) is 2.93. The Kier molecular flexibility index (Phi) is 5.54. The van der Waals surface area contributed by atoms with Crippen molar-refractivity contribution >= 4 is 32.7 Å². The van der Waals surface area contributed by atoms with Gasteiger partial charge in [-0.3, -0.25) is 0 Å². The van der Waals surface area contributed by atoms with Crippen molar-refractivity contribution < 1.29 is 4.79 Å². The molecule has 1 aliphatic heterocycles. The minimum atomic E-state index is -0.169. The second-order valence-corrected chi connectivity index (χ2v) is 8.65. The van der Waals surface area contributed by atoms with Gasteiger partial charge in [-0.15, -0.1) is 0 Å². The van der Waals surface area contributed by atoms with Crippen molar-refractivity contribution in [2.75, 3.05) is 31.1 Å². The Balaban J connectivity index is 1.27. The Bertz CT molecular complexity index is 1080. The van der Waals surface area contributed by atoms with Crippen molar-refractivity contribution in [2.24, 2.45) is 0 Å². The number of nitrogens with one attached hydrogen (secondary N) is 1. The van der Waals surface area contributed by atoms with Crippen LogP contribution in [0.3, 0.4) is 0 Å². The number of anilines is 1. The van der Waals surface area contributed by atoms with E-state index in [1.807, 2.05) is 59.5 Å². The number of benzene rings is 3. The molecule has 6 heteroatoms. The van der Waals surface area contributed by atoms with Crippen LogP contribution in [0.1, 0.15) is 17.2 Å². The van der Waals surface area contributed by atoms with E-state index in [-0.39, 0.29) is 12.1 Å². The van der Waals surface area contributed by atoms with Gasteiger partial charge in [0.2, 0.25) is 0 Å². The summed E-state index contributed by atoms with van der Waals surface area (Å²) in [6.07, 6.45) is 0. The lowest BCUT2D eigenvalue weighted by molar-refractivity contribution is 0.192. The summed E-state index contributed by atoms with van der Waals surface area (Å²) in [6, 6.07) is 28.3. The SMILES string of the molecule is O=C(NC(c1ccccc1)c1ccccc1)N1CCN(c2nc3ccccc3s2)CC1. The molecule has 1 aliphatic rings. The highest BCUT2D eigenvalue weighted by molar-refractivity contribution is 7.22.